The summed E-state index contributed by atoms with van der Waals surface area (Å²) >= 11 is 1.27. The Balaban J connectivity index is 2.37. The van der Waals surface area contributed by atoms with Crippen LogP contribution in [-0.4, -0.2) is 16.3 Å². The van der Waals surface area contributed by atoms with Crippen molar-refractivity contribution in [3.63, 3.8) is 0 Å². The Hall–Kier alpha value is -0.620. The van der Waals surface area contributed by atoms with Gasteiger partial charge in [0.25, 0.3) is 0 Å². The van der Waals surface area contributed by atoms with Crippen LogP contribution in [0.15, 0.2) is 5.51 Å². The van der Waals surface area contributed by atoms with E-state index in [9.17, 15) is 18.3 Å². The fourth-order valence-corrected chi connectivity index (χ4v) is 2.08. The molecule has 86 valence electrons. The minimum Gasteiger partial charge on any atom is -0.388 e. The summed E-state index contributed by atoms with van der Waals surface area (Å²) in [5.74, 6) is 0. The van der Waals surface area contributed by atoms with Crippen LogP contribution >= 0.6 is 11.3 Å². The van der Waals surface area contributed by atoms with E-state index >= 15 is 0 Å². The third kappa shape index (κ3) is 4.17. The van der Waals surface area contributed by atoms with Gasteiger partial charge >= 0.3 is 6.18 Å². The first-order chi connectivity index (χ1) is 6.90. The Labute approximate surface area is 89.8 Å². The lowest BCUT2D eigenvalue weighted by Gasteiger charge is -2.10. The molecule has 1 aromatic heterocycles. The number of halogens is 3. The van der Waals surface area contributed by atoms with Gasteiger partial charge < -0.3 is 5.11 Å². The molecular weight excluding hydrogens is 227 g/mol. The fraction of sp³-hybridized carbons (Fsp3) is 0.667. The number of aryl methyl sites for hydroxylation is 1. The molecule has 0 saturated carbocycles. The van der Waals surface area contributed by atoms with Crippen LogP contribution in [0.3, 0.4) is 0 Å². The van der Waals surface area contributed by atoms with Crippen molar-refractivity contribution < 1.29 is 18.3 Å². The third-order valence-electron chi connectivity index (χ3n) is 2.02. The second-order valence-electron chi connectivity index (χ2n) is 3.33. The summed E-state index contributed by atoms with van der Waals surface area (Å²) in [6.45, 7) is 1.73. The largest absolute Gasteiger partial charge is 0.389 e. The minimum atomic E-state index is -4.14. The van der Waals surface area contributed by atoms with Gasteiger partial charge in [-0.1, -0.05) is 0 Å². The van der Waals surface area contributed by atoms with Gasteiger partial charge in [0, 0.05) is 6.42 Å². The molecule has 6 heteroatoms. The van der Waals surface area contributed by atoms with E-state index in [-0.39, 0.29) is 12.8 Å². The first kappa shape index (κ1) is 12.4. The first-order valence-corrected chi connectivity index (χ1v) is 5.43. The van der Waals surface area contributed by atoms with Crippen molar-refractivity contribution in [2.24, 2.45) is 0 Å². The van der Waals surface area contributed by atoms with Crippen molar-refractivity contribution in [1.82, 2.24) is 4.98 Å². The molecule has 0 saturated heterocycles. The lowest BCUT2D eigenvalue weighted by molar-refractivity contribution is -0.136. The van der Waals surface area contributed by atoms with E-state index in [4.69, 9.17) is 0 Å². The zero-order valence-corrected chi connectivity index (χ0v) is 9.03. The van der Waals surface area contributed by atoms with Crippen LogP contribution in [-0.2, 0) is 0 Å². The zero-order chi connectivity index (χ0) is 11.5. The lowest BCUT2D eigenvalue weighted by Crippen LogP contribution is -2.08. The molecule has 0 radical (unpaired) electrons. The van der Waals surface area contributed by atoms with E-state index in [0.29, 0.717) is 10.6 Å². The molecule has 2 nitrogen and oxygen atoms in total. The predicted octanol–water partition coefficient (Wildman–Crippen LogP) is 3.22. The van der Waals surface area contributed by atoms with Gasteiger partial charge in [-0.25, -0.2) is 4.98 Å². The molecule has 15 heavy (non-hydrogen) atoms. The van der Waals surface area contributed by atoms with Gasteiger partial charge in [-0.2, -0.15) is 13.2 Å². The number of aliphatic hydroxyl groups excluding tert-OH is 1. The van der Waals surface area contributed by atoms with Crippen LogP contribution in [0.4, 0.5) is 13.2 Å². The van der Waals surface area contributed by atoms with Gasteiger partial charge in [-0.15, -0.1) is 11.3 Å². The second-order valence-corrected chi connectivity index (χ2v) is 4.21. The normalized spacial score (nSPS) is 14.2. The molecule has 1 N–H and O–H groups in total. The molecule has 0 spiro atoms. The Morgan fingerprint density at radius 3 is 2.67 bits per heavy atom. The zero-order valence-electron chi connectivity index (χ0n) is 8.21. The average molecular weight is 239 g/mol. The molecule has 1 atom stereocenters. The van der Waals surface area contributed by atoms with Crippen LogP contribution in [0.25, 0.3) is 0 Å². The summed E-state index contributed by atoms with van der Waals surface area (Å²) in [7, 11) is 0. The van der Waals surface area contributed by atoms with Gasteiger partial charge in [0.2, 0.25) is 0 Å². The minimum absolute atomic E-state index is 0.0536. The average Bonchev–Trinajstić information content (AvgIpc) is 2.48. The highest BCUT2D eigenvalue weighted by molar-refractivity contribution is 7.09. The monoisotopic (exact) mass is 239 g/mol. The van der Waals surface area contributed by atoms with Crippen LogP contribution in [0.2, 0.25) is 0 Å². The highest BCUT2D eigenvalue weighted by atomic mass is 32.1. The van der Waals surface area contributed by atoms with Crippen molar-refractivity contribution in [2.45, 2.75) is 38.5 Å². The maximum absolute atomic E-state index is 11.8. The number of hydrogen-bond acceptors (Lipinski definition) is 3. The summed E-state index contributed by atoms with van der Waals surface area (Å²) < 4.78 is 35.5. The molecule has 0 aliphatic heterocycles. The summed E-state index contributed by atoms with van der Waals surface area (Å²) in [4.78, 5) is 4.59. The lowest BCUT2D eigenvalue weighted by atomic mass is 10.1. The molecule has 0 bridgehead atoms. The van der Waals surface area contributed by atoms with Gasteiger partial charge in [-0.3, -0.25) is 0 Å². The van der Waals surface area contributed by atoms with E-state index in [1.54, 1.807) is 12.4 Å². The number of thiazole rings is 1. The first-order valence-electron chi connectivity index (χ1n) is 4.55. The maximum Gasteiger partial charge on any atom is 0.389 e. The number of hydrogen-bond donors (Lipinski definition) is 1. The summed E-state index contributed by atoms with van der Waals surface area (Å²) in [5.41, 5.74) is 2.27. The van der Waals surface area contributed by atoms with Crippen LogP contribution in [0, 0.1) is 6.92 Å². The van der Waals surface area contributed by atoms with E-state index in [1.807, 2.05) is 0 Å². The van der Waals surface area contributed by atoms with Crippen LogP contribution in [0.1, 0.15) is 35.9 Å². The molecule has 0 aliphatic rings. The topological polar surface area (TPSA) is 33.1 Å². The van der Waals surface area contributed by atoms with E-state index in [1.165, 1.54) is 11.3 Å². The Morgan fingerprint density at radius 1 is 1.53 bits per heavy atom. The predicted molar refractivity (Wildman–Crippen MR) is 51.7 cm³/mol. The van der Waals surface area contributed by atoms with Crippen molar-refractivity contribution in [1.29, 1.82) is 0 Å². The quantitative estimate of drug-likeness (QED) is 0.875. The molecule has 1 heterocycles. The van der Waals surface area contributed by atoms with Gasteiger partial charge in [0.1, 0.15) is 0 Å². The fourth-order valence-electron chi connectivity index (χ4n) is 1.26. The number of aliphatic hydroxyl groups is 1. The Morgan fingerprint density at radius 2 is 2.20 bits per heavy atom. The number of nitrogens with zero attached hydrogens (tertiary/aromatic N) is 1. The van der Waals surface area contributed by atoms with Crippen LogP contribution < -0.4 is 0 Å². The molecule has 0 aliphatic carbocycles. The van der Waals surface area contributed by atoms with Crippen molar-refractivity contribution in [3.8, 4) is 0 Å². The van der Waals surface area contributed by atoms with Crippen molar-refractivity contribution in [2.75, 3.05) is 0 Å². The summed E-state index contributed by atoms with van der Waals surface area (Å²) in [6, 6.07) is 0. The summed E-state index contributed by atoms with van der Waals surface area (Å²) in [6.07, 6.45) is -5.73. The molecule has 1 unspecified atom stereocenters. The second kappa shape index (κ2) is 4.94. The van der Waals surface area contributed by atoms with Crippen molar-refractivity contribution in [3.05, 3.63) is 16.1 Å². The highest BCUT2D eigenvalue weighted by Crippen LogP contribution is 2.29. The Kier molecular flexibility index (Phi) is 4.10. The molecule has 0 fully saturated rings. The maximum atomic E-state index is 11.8. The number of rotatable bonds is 4. The van der Waals surface area contributed by atoms with Crippen LogP contribution in [0.5, 0.6) is 0 Å². The van der Waals surface area contributed by atoms with E-state index in [0.717, 1.165) is 0 Å². The van der Waals surface area contributed by atoms with E-state index < -0.39 is 18.7 Å². The SMILES string of the molecule is Cc1ncsc1C(O)CCCC(F)(F)F. The van der Waals surface area contributed by atoms with E-state index in [2.05, 4.69) is 4.98 Å². The summed E-state index contributed by atoms with van der Waals surface area (Å²) in [5, 5.41) is 9.59. The van der Waals surface area contributed by atoms with Gasteiger partial charge in [0.05, 0.1) is 22.2 Å². The number of alkyl halides is 3. The third-order valence-corrected chi connectivity index (χ3v) is 3.06. The Bertz CT molecular complexity index is 311. The standard InChI is InChI=1S/C9H12F3NOS/c1-6-8(15-5-13-6)7(14)3-2-4-9(10,11)12/h5,7,14H,2-4H2,1H3. The van der Waals surface area contributed by atoms with Crippen molar-refractivity contribution >= 4 is 11.3 Å². The smallest absolute Gasteiger partial charge is 0.388 e. The molecular formula is C9H12F3NOS. The molecule has 0 amide bonds. The highest BCUT2D eigenvalue weighted by Gasteiger charge is 2.27. The van der Waals surface area contributed by atoms with Gasteiger partial charge in [-0.05, 0) is 19.8 Å². The van der Waals surface area contributed by atoms with Gasteiger partial charge in [0.15, 0.2) is 0 Å². The molecule has 0 aromatic carbocycles. The molecule has 1 rings (SSSR count). The number of aromatic nitrogens is 1. The molecule has 1 aromatic rings.